The SMILES string of the molecule is CCCN1c2cc(Cl)c(/C=N\NC(=O)Cc3ccccc3)cc2C(C)=CC1(C)C. The van der Waals surface area contributed by atoms with Crippen LogP contribution in [0.4, 0.5) is 5.69 Å². The third-order valence-electron chi connectivity index (χ3n) is 5.14. The fourth-order valence-electron chi connectivity index (χ4n) is 3.84. The van der Waals surface area contributed by atoms with Crippen LogP contribution in [0.2, 0.25) is 5.02 Å². The summed E-state index contributed by atoms with van der Waals surface area (Å²) in [5.41, 5.74) is 7.78. The molecular weight excluding hydrogens is 382 g/mol. The van der Waals surface area contributed by atoms with Crippen molar-refractivity contribution in [2.75, 3.05) is 11.4 Å². The van der Waals surface area contributed by atoms with Gasteiger partial charge in [0.25, 0.3) is 0 Å². The van der Waals surface area contributed by atoms with Crippen LogP contribution in [-0.2, 0) is 11.2 Å². The number of hydrogen-bond donors (Lipinski definition) is 1. The van der Waals surface area contributed by atoms with Gasteiger partial charge in [0, 0.05) is 23.4 Å². The Morgan fingerprint density at radius 3 is 2.66 bits per heavy atom. The van der Waals surface area contributed by atoms with Gasteiger partial charge >= 0.3 is 0 Å². The van der Waals surface area contributed by atoms with E-state index in [9.17, 15) is 4.79 Å². The summed E-state index contributed by atoms with van der Waals surface area (Å²) in [4.78, 5) is 14.5. The highest BCUT2D eigenvalue weighted by Crippen LogP contribution is 2.41. The van der Waals surface area contributed by atoms with Gasteiger partial charge in [0.05, 0.1) is 23.2 Å². The molecule has 0 spiro atoms. The van der Waals surface area contributed by atoms with E-state index in [4.69, 9.17) is 11.6 Å². The number of halogens is 1. The number of anilines is 1. The van der Waals surface area contributed by atoms with Crippen LogP contribution in [0.25, 0.3) is 5.57 Å². The zero-order chi connectivity index (χ0) is 21.0. The first-order chi connectivity index (χ1) is 13.8. The fraction of sp³-hybridized carbons (Fsp3) is 0.333. The molecule has 4 nitrogen and oxygen atoms in total. The van der Waals surface area contributed by atoms with E-state index >= 15 is 0 Å². The number of nitrogens with one attached hydrogen (secondary N) is 1. The first-order valence-electron chi connectivity index (χ1n) is 9.98. The molecule has 1 N–H and O–H groups in total. The standard InChI is InChI=1S/C24H28ClN3O/c1-5-11-28-22-14-21(25)19(13-20(22)17(2)15-24(28,3)4)16-26-27-23(29)12-18-9-7-6-8-10-18/h6-10,13-16H,5,11-12H2,1-4H3,(H,27,29)/b26-16-. The van der Waals surface area contributed by atoms with E-state index in [2.05, 4.69) is 49.2 Å². The lowest BCUT2D eigenvalue weighted by atomic mass is 9.88. The number of allylic oxidation sites excluding steroid dienone is 1. The molecule has 3 rings (SSSR count). The number of benzene rings is 2. The van der Waals surface area contributed by atoms with Crippen LogP contribution in [0.5, 0.6) is 0 Å². The molecule has 0 bridgehead atoms. The minimum absolute atomic E-state index is 0.0581. The second-order valence-corrected chi connectivity index (χ2v) is 8.39. The molecule has 0 radical (unpaired) electrons. The first-order valence-corrected chi connectivity index (χ1v) is 10.4. The third-order valence-corrected chi connectivity index (χ3v) is 5.47. The van der Waals surface area contributed by atoms with Gasteiger partial charge in [-0.1, -0.05) is 54.9 Å². The normalized spacial score (nSPS) is 15.2. The minimum atomic E-state index is -0.159. The zero-order valence-electron chi connectivity index (χ0n) is 17.5. The first kappa shape index (κ1) is 21.1. The van der Waals surface area contributed by atoms with Crippen molar-refractivity contribution < 1.29 is 4.79 Å². The van der Waals surface area contributed by atoms with E-state index in [-0.39, 0.29) is 11.4 Å². The van der Waals surface area contributed by atoms with Gasteiger partial charge in [-0.2, -0.15) is 5.10 Å². The Morgan fingerprint density at radius 2 is 1.97 bits per heavy atom. The molecular formula is C24H28ClN3O. The molecule has 0 fully saturated rings. The van der Waals surface area contributed by atoms with Crippen LogP contribution in [-0.4, -0.2) is 24.2 Å². The Balaban J connectivity index is 1.79. The molecule has 1 aliphatic rings. The molecule has 29 heavy (non-hydrogen) atoms. The smallest absolute Gasteiger partial charge is 0.244 e. The number of carbonyl (C=O) groups excluding carboxylic acids is 1. The van der Waals surface area contributed by atoms with Crippen molar-refractivity contribution in [3.05, 3.63) is 70.3 Å². The number of amides is 1. The van der Waals surface area contributed by atoms with E-state index in [1.165, 1.54) is 5.57 Å². The van der Waals surface area contributed by atoms with Gasteiger partial charge in [-0.3, -0.25) is 4.79 Å². The number of hydrazone groups is 1. The van der Waals surface area contributed by atoms with E-state index < -0.39 is 0 Å². The molecule has 0 aliphatic carbocycles. The summed E-state index contributed by atoms with van der Waals surface area (Å²) in [6.45, 7) is 9.71. The van der Waals surface area contributed by atoms with Crippen LogP contribution in [0.15, 0.2) is 53.6 Å². The quantitative estimate of drug-likeness (QED) is 0.509. The van der Waals surface area contributed by atoms with Gasteiger partial charge in [-0.25, -0.2) is 5.43 Å². The zero-order valence-corrected chi connectivity index (χ0v) is 18.3. The molecule has 5 heteroatoms. The highest BCUT2D eigenvalue weighted by molar-refractivity contribution is 6.33. The van der Waals surface area contributed by atoms with Crippen LogP contribution < -0.4 is 10.3 Å². The predicted molar refractivity (Wildman–Crippen MR) is 123 cm³/mol. The molecule has 2 aromatic rings. The average molecular weight is 410 g/mol. The van der Waals surface area contributed by atoms with Crippen molar-refractivity contribution in [1.29, 1.82) is 0 Å². The number of fused-ring (bicyclic) bond motifs is 1. The van der Waals surface area contributed by atoms with Gasteiger partial charge < -0.3 is 4.90 Å². The molecule has 2 aromatic carbocycles. The lowest BCUT2D eigenvalue weighted by Gasteiger charge is -2.43. The van der Waals surface area contributed by atoms with E-state index in [1.54, 1.807) is 6.21 Å². The van der Waals surface area contributed by atoms with Crippen LogP contribution in [0.1, 0.15) is 50.8 Å². The van der Waals surface area contributed by atoms with Crippen molar-refractivity contribution in [1.82, 2.24) is 5.43 Å². The van der Waals surface area contributed by atoms with Gasteiger partial charge in [-0.15, -0.1) is 0 Å². The Hall–Kier alpha value is -2.59. The van der Waals surface area contributed by atoms with Crippen LogP contribution in [0, 0.1) is 0 Å². The number of carbonyl (C=O) groups is 1. The van der Waals surface area contributed by atoms with E-state index in [0.29, 0.717) is 11.4 Å². The fourth-order valence-corrected chi connectivity index (χ4v) is 4.05. The maximum absolute atomic E-state index is 12.1. The molecule has 1 heterocycles. The highest BCUT2D eigenvalue weighted by atomic mass is 35.5. The summed E-state index contributed by atoms with van der Waals surface area (Å²) in [6, 6.07) is 13.7. The van der Waals surface area contributed by atoms with Gasteiger partial charge in [0.2, 0.25) is 5.91 Å². The Morgan fingerprint density at radius 1 is 1.24 bits per heavy atom. The Bertz CT molecular complexity index is 948. The molecule has 1 amide bonds. The van der Waals surface area contributed by atoms with Crippen molar-refractivity contribution in [3.8, 4) is 0 Å². The maximum atomic E-state index is 12.1. The summed E-state index contributed by atoms with van der Waals surface area (Å²) in [6.07, 6.45) is 5.26. The Labute approximate surface area is 178 Å². The molecule has 152 valence electrons. The van der Waals surface area contributed by atoms with Crippen molar-refractivity contribution >= 4 is 35.0 Å². The second-order valence-electron chi connectivity index (χ2n) is 7.98. The lowest BCUT2D eigenvalue weighted by Crippen LogP contribution is -2.45. The summed E-state index contributed by atoms with van der Waals surface area (Å²) >= 11 is 6.56. The van der Waals surface area contributed by atoms with Crippen molar-refractivity contribution in [3.63, 3.8) is 0 Å². The third kappa shape index (κ3) is 4.88. The summed E-state index contributed by atoms with van der Waals surface area (Å²) in [7, 11) is 0. The topological polar surface area (TPSA) is 44.7 Å². The van der Waals surface area contributed by atoms with Gasteiger partial charge in [0.15, 0.2) is 0 Å². The molecule has 0 saturated carbocycles. The number of hydrogen-bond acceptors (Lipinski definition) is 3. The van der Waals surface area contributed by atoms with Crippen LogP contribution >= 0.6 is 11.6 Å². The predicted octanol–water partition coefficient (Wildman–Crippen LogP) is 5.44. The highest BCUT2D eigenvalue weighted by Gasteiger charge is 2.31. The molecule has 0 unspecified atom stereocenters. The monoisotopic (exact) mass is 409 g/mol. The van der Waals surface area contributed by atoms with Gasteiger partial charge in [-0.05, 0) is 50.5 Å². The molecule has 0 atom stereocenters. The lowest BCUT2D eigenvalue weighted by molar-refractivity contribution is -0.120. The van der Waals surface area contributed by atoms with Crippen molar-refractivity contribution in [2.24, 2.45) is 5.10 Å². The van der Waals surface area contributed by atoms with E-state index in [0.717, 1.165) is 35.3 Å². The molecule has 0 saturated heterocycles. The second kappa shape index (κ2) is 8.83. The largest absolute Gasteiger partial charge is 0.362 e. The summed E-state index contributed by atoms with van der Waals surface area (Å²) < 4.78 is 0. The Kier molecular flexibility index (Phi) is 6.43. The number of rotatable bonds is 6. The molecule has 1 aliphatic heterocycles. The minimum Gasteiger partial charge on any atom is -0.362 e. The average Bonchev–Trinajstić information content (AvgIpc) is 2.66. The number of nitrogens with zero attached hydrogens (tertiary/aromatic N) is 2. The van der Waals surface area contributed by atoms with Crippen molar-refractivity contribution in [2.45, 2.75) is 46.1 Å². The summed E-state index contributed by atoms with van der Waals surface area (Å²) in [5.74, 6) is -0.159. The van der Waals surface area contributed by atoms with Gasteiger partial charge in [0.1, 0.15) is 0 Å². The van der Waals surface area contributed by atoms with Crippen LogP contribution in [0.3, 0.4) is 0 Å². The van der Waals surface area contributed by atoms with E-state index in [1.807, 2.05) is 42.5 Å². The maximum Gasteiger partial charge on any atom is 0.244 e. The molecule has 0 aromatic heterocycles. The summed E-state index contributed by atoms with van der Waals surface area (Å²) in [5, 5.41) is 4.74.